The van der Waals surface area contributed by atoms with Gasteiger partial charge < -0.3 is 15.0 Å². The fraction of sp³-hybridized carbons (Fsp3) is 0.429. The van der Waals surface area contributed by atoms with Crippen LogP contribution in [0.5, 0.6) is 0 Å². The molecule has 0 spiro atoms. The molecule has 38 heavy (non-hydrogen) atoms. The summed E-state index contributed by atoms with van der Waals surface area (Å²) in [6.45, 7) is 1.11. The molecule has 2 aromatic carbocycles. The summed E-state index contributed by atoms with van der Waals surface area (Å²) in [6, 6.07) is 14.6. The second-order valence-electron chi connectivity index (χ2n) is 9.93. The number of likely N-dealkylation sites (tertiary alicyclic amines) is 1. The number of rotatable bonds is 3. The number of alkyl halides is 3. The number of alkyl carbamates (subject to hydrolysis) is 1. The zero-order chi connectivity index (χ0) is 26.9. The average Bonchev–Trinajstić information content (AvgIpc) is 2.90. The van der Waals surface area contributed by atoms with Crippen LogP contribution in [0.15, 0.2) is 57.8 Å². The van der Waals surface area contributed by atoms with Gasteiger partial charge in [-0.1, -0.05) is 81.9 Å². The van der Waals surface area contributed by atoms with E-state index in [4.69, 9.17) is 51.1 Å². The van der Waals surface area contributed by atoms with Crippen LogP contribution in [-0.4, -0.2) is 46.4 Å². The molecule has 10 heteroatoms. The van der Waals surface area contributed by atoms with Gasteiger partial charge in [0.2, 0.25) is 9.70 Å². The topological polar surface area (TPSA) is 58.6 Å². The number of piperidine rings is 1. The first kappa shape index (κ1) is 28.0. The molecule has 2 heterocycles. The van der Waals surface area contributed by atoms with Crippen molar-refractivity contribution in [3.8, 4) is 0 Å². The molecule has 0 aromatic heterocycles. The molecule has 1 saturated carbocycles. The largest absolute Gasteiger partial charge is 0.445 e. The van der Waals surface area contributed by atoms with Crippen molar-refractivity contribution >= 4 is 75.7 Å². The first-order valence-electron chi connectivity index (χ1n) is 12.8. The number of hydrogen-bond acceptors (Lipinski definition) is 4. The second kappa shape index (κ2) is 11.9. The summed E-state index contributed by atoms with van der Waals surface area (Å²) in [5, 5.41) is 3.55. The molecule has 1 N–H and O–H groups in total. The van der Waals surface area contributed by atoms with Crippen molar-refractivity contribution in [1.29, 1.82) is 0 Å². The van der Waals surface area contributed by atoms with E-state index in [1.54, 1.807) is 11.8 Å². The van der Waals surface area contributed by atoms with Crippen molar-refractivity contribution in [2.24, 2.45) is 5.92 Å². The van der Waals surface area contributed by atoms with Crippen LogP contribution in [0.4, 0.5) is 4.79 Å². The van der Waals surface area contributed by atoms with Gasteiger partial charge in [-0.05, 0) is 79.5 Å². The highest BCUT2D eigenvalue weighted by Crippen LogP contribution is 2.48. The van der Waals surface area contributed by atoms with E-state index in [-0.39, 0.29) is 24.5 Å². The Morgan fingerprint density at radius 1 is 0.974 bits per heavy atom. The lowest BCUT2D eigenvalue weighted by atomic mass is 9.84. The van der Waals surface area contributed by atoms with Gasteiger partial charge in [0, 0.05) is 39.9 Å². The lowest BCUT2D eigenvalue weighted by molar-refractivity contribution is -0.137. The Morgan fingerprint density at radius 2 is 1.66 bits per heavy atom. The fourth-order valence-electron chi connectivity index (χ4n) is 5.54. The van der Waals surface area contributed by atoms with E-state index in [9.17, 15) is 9.59 Å². The van der Waals surface area contributed by atoms with Crippen LogP contribution in [0.3, 0.4) is 0 Å². The molecule has 0 unspecified atom stereocenters. The zero-order valence-corrected chi connectivity index (χ0v) is 24.5. The molecule has 5 rings (SSSR count). The van der Waals surface area contributed by atoms with Crippen LogP contribution < -0.4 is 5.32 Å². The molecule has 2 aromatic rings. The number of halogens is 4. The van der Waals surface area contributed by atoms with Crippen LogP contribution in [0.1, 0.15) is 49.7 Å². The summed E-state index contributed by atoms with van der Waals surface area (Å²) in [5.41, 5.74) is 5.10. The smallest absolute Gasteiger partial charge is 0.407 e. The normalized spacial score (nSPS) is 21.4. The number of ether oxygens (including phenoxy) is 1. The van der Waals surface area contributed by atoms with Gasteiger partial charge in [0.05, 0.1) is 0 Å². The first-order valence-corrected chi connectivity index (χ1v) is 15.1. The lowest BCUT2D eigenvalue weighted by Gasteiger charge is -2.36. The molecule has 1 saturated heterocycles. The number of nitrogens with one attached hydrogen (secondary N) is 1. The molecule has 3 aliphatic rings. The lowest BCUT2D eigenvalue weighted by Crippen LogP contribution is -2.44. The van der Waals surface area contributed by atoms with Crippen molar-refractivity contribution < 1.29 is 14.3 Å². The highest BCUT2D eigenvalue weighted by molar-refractivity contribution is 7.99. The standard InChI is InChI=1S/C28H28Cl4N2O3S/c29-19-7-10-24-22(15-19)25(21-3-1-2-4-23(21)38-24)17-11-13-34(14-12-17)26(35)18-5-8-20(9-6-18)33-27(36)37-16-28(30,31)32/h1-4,7,10,15,18,20H,5-6,8-9,11-14,16H2,(H,33,36). The third-order valence-corrected chi connectivity index (χ3v) is 9.10. The molecule has 2 aliphatic heterocycles. The number of hydrogen-bond donors (Lipinski definition) is 1. The third kappa shape index (κ3) is 6.59. The number of nitrogens with zero attached hydrogens (tertiary/aromatic N) is 1. The van der Waals surface area contributed by atoms with Crippen LogP contribution >= 0.6 is 58.2 Å². The maximum atomic E-state index is 13.4. The Balaban J connectivity index is 1.20. The van der Waals surface area contributed by atoms with Crippen molar-refractivity contribution in [1.82, 2.24) is 10.2 Å². The Kier molecular flexibility index (Phi) is 8.75. The molecule has 0 atom stereocenters. The maximum Gasteiger partial charge on any atom is 0.407 e. The molecule has 0 radical (unpaired) electrons. The molecular formula is C28H28Cl4N2O3S. The SMILES string of the molecule is O=C(NC1CCC(C(=O)N2CCC(=C3c4ccccc4Sc4ccc(Cl)cc43)CC2)CC1)OCC(Cl)(Cl)Cl. The van der Waals surface area contributed by atoms with Crippen LogP contribution in [0.2, 0.25) is 5.02 Å². The molecular weight excluding hydrogens is 586 g/mol. The predicted molar refractivity (Wildman–Crippen MR) is 154 cm³/mol. The number of benzene rings is 2. The van der Waals surface area contributed by atoms with E-state index in [1.165, 1.54) is 32.1 Å². The summed E-state index contributed by atoms with van der Waals surface area (Å²) in [5.74, 6) is 0.195. The van der Waals surface area contributed by atoms with Gasteiger partial charge in [-0.2, -0.15) is 0 Å². The van der Waals surface area contributed by atoms with Crippen LogP contribution in [0.25, 0.3) is 5.57 Å². The van der Waals surface area contributed by atoms with Crippen LogP contribution in [-0.2, 0) is 9.53 Å². The summed E-state index contributed by atoms with van der Waals surface area (Å²) >= 11 is 25.1. The Morgan fingerprint density at radius 3 is 2.37 bits per heavy atom. The predicted octanol–water partition coefficient (Wildman–Crippen LogP) is 7.88. The van der Waals surface area contributed by atoms with E-state index >= 15 is 0 Å². The number of fused-ring (bicyclic) bond motifs is 2. The zero-order valence-electron chi connectivity index (χ0n) is 20.7. The highest BCUT2D eigenvalue weighted by atomic mass is 35.6. The monoisotopic (exact) mass is 612 g/mol. The third-order valence-electron chi connectivity index (χ3n) is 7.38. The highest BCUT2D eigenvalue weighted by Gasteiger charge is 2.33. The van der Waals surface area contributed by atoms with Crippen molar-refractivity contribution in [3.63, 3.8) is 0 Å². The number of carbonyl (C=O) groups is 2. The van der Waals surface area contributed by atoms with Crippen molar-refractivity contribution in [2.45, 2.75) is 58.2 Å². The quantitative estimate of drug-likeness (QED) is 0.305. The van der Waals surface area contributed by atoms with Gasteiger partial charge in [0.1, 0.15) is 6.61 Å². The van der Waals surface area contributed by atoms with E-state index in [0.29, 0.717) is 25.9 Å². The van der Waals surface area contributed by atoms with Gasteiger partial charge in [0.25, 0.3) is 0 Å². The first-order chi connectivity index (χ1) is 18.2. The van der Waals surface area contributed by atoms with Gasteiger partial charge in [-0.15, -0.1) is 0 Å². The van der Waals surface area contributed by atoms with Gasteiger partial charge >= 0.3 is 6.09 Å². The minimum Gasteiger partial charge on any atom is -0.445 e. The Hall–Kier alpha value is -1.57. The Bertz CT molecular complexity index is 1240. The second-order valence-corrected chi connectivity index (χ2v) is 14.0. The van der Waals surface area contributed by atoms with Crippen LogP contribution in [0, 0.1) is 5.92 Å². The van der Waals surface area contributed by atoms with Gasteiger partial charge in [-0.3, -0.25) is 4.79 Å². The molecule has 0 bridgehead atoms. The Labute approximate surface area is 247 Å². The van der Waals surface area contributed by atoms with E-state index in [1.807, 2.05) is 11.0 Å². The molecule has 1 aliphatic carbocycles. The molecule has 202 valence electrons. The van der Waals surface area contributed by atoms with E-state index in [2.05, 4.69) is 41.7 Å². The average molecular weight is 614 g/mol. The van der Waals surface area contributed by atoms with E-state index in [0.717, 1.165) is 30.7 Å². The van der Waals surface area contributed by atoms with Gasteiger partial charge in [-0.25, -0.2) is 4.79 Å². The molecule has 2 amide bonds. The summed E-state index contributed by atoms with van der Waals surface area (Å²) in [4.78, 5) is 29.8. The minimum absolute atomic E-state index is 0.0224. The van der Waals surface area contributed by atoms with Crippen molar-refractivity contribution in [2.75, 3.05) is 19.7 Å². The van der Waals surface area contributed by atoms with Gasteiger partial charge in [0.15, 0.2) is 0 Å². The maximum absolute atomic E-state index is 13.4. The number of amides is 2. The minimum atomic E-state index is -1.64. The summed E-state index contributed by atoms with van der Waals surface area (Å²) in [7, 11) is 0. The van der Waals surface area contributed by atoms with E-state index < -0.39 is 9.89 Å². The molecule has 2 fully saturated rings. The molecule has 5 nitrogen and oxygen atoms in total. The summed E-state index contributed by atoms with van der Waals surface area (Å²) in [6.07, 6.45) is 3.98. The summed E-state index contributed by atoms with van der Waals surface area (Å²) < 4.78 is 3.32. The van der Waals surface area contributed by atoms with Crippen molar-refractivity contribution in [3.05, 3.63) is 64.2 Å². The fourth-order valence-corrected chi connectivity index (χ4v) is 6.95. The number of carbonyl (C=O) groups excluding carboxylic acids is 2.